The van der Waals surface area contributed by atoms with Gasteiger partial charge in [0, 0.05) is 26.2 Å². The second kappa shape index (κ2) is 11.0. The number of alkyl halides is 3. The maximum atomic E-state index is 13.5. The minimum absolute atomic E-state index is 0.116. The standard InChI is InChI=1S/C23H25ClF3N3O5S/c1-3-35-22(32)29-12-10-28(11-13-29)21(31)15-30(36(33,34)18-7-4-16(2)5-8-18)17-6-9-20(24)19(14-17)23(25,26)27/h4-9,14H,3,10-13,15H2,1-2H3. The molecule has 0 saturated carbocycles. The van der Waals surface area contributed by atoms with Gasteiger partial charge >= 0.3 is 12.3 Å². The third kappa shape index (κ3) is 6.22. The molecule has 2 aromatic rings. The molecular weight excluding hydrogens is 523 g/mol. The Labute approximate surface area is 212 Å². The van der Waals surface area contributed by atoms with Crippen molar-refractivity contribution >= 4 is 39.3 Å². The van der Waals surface area contributed by atoms with Crippen LogP contribution in [0.1, 0.15) is 18.1 Å². The van der Waals surface area contributed by atoms with Crippen LogP contribution < -0.4 is 4.31 Å². The Hall–Kier alpha value is -2.99. The van der Waals surface area contributed by atoms with Crippen molar-refractivity contribution in [1.29, 1.82) is 0 Å². The van der Waals surface area contributed by atoms with Crippen molar-refractivity contribution < 1.29 is 35.9 Å². The van der Waals surface area contributed by atoms with E-state index in [4.69, 9.17) is 16.3 Å². The van der Waals surface area contributed by atoms with Gasteiger partial charge in [-0.05, 0) is 44.2 Å². The molecule has 1 saturated heterocycles. The normalized spacial score (nSPS) is 14.5. The molecule has 1 heterocycles. The lowest BCUT2D eigenvalue weighted by molar-refractivity contribution is -0.137. The van der Waals surface area contributed by atoms with Gasteiger partial charge in [-0.15, -0.1) is 0 Å². The summed E-state index contributed by atoms with van der Waals surface area (Å²) >= 11 is 5.72. The molecule has 8 nitrogen and oxygen atoms in total. The highest BCUT2D eigenvalue weighted by Gasteiger charge is 2.36. The SMILES string of the molecule is CCOC(=O)N1CCN(C(=O)CN(c2ccc(Cl)c(C(F)(F)F)c2)S(=O)(=O)c2ccc(C)cc2)CC1. The highest BCUT2D eigenvalue weighted by Crippen LogP contribution is 2.38. The van der Waals surface area contributed by atoms with Crippen LogP contribution in [0, 0.1) is 6.92 Å². The Kier molecular flexibility index (Phi) is 8.40. The van der Waals surface area contributed by atoms with Crippen molar-refractivity contribution in [3.63, 3.8) is 0 Å². The van der Waals surface area contributed by atoms with Crippen LogP contribution in [0.15, 0.2) is 47.4 Å². The molecule has 13 heteroatoms. The van der Waals surface area contributed by atoms with E-state index in [1.807, 2.05) is 0 Å². The summed E-state index contributed by atoms with van der Waals surface area (Å²) in [6.07, 6.45) is -5.35. The zero-order valence-corrected chi connectivity index (χ0v) is 21.2. The van der Waals surface area contributed by atoms with Crippen molar-refractivity contribution in [3.05, 3.63) is 58.6 Å². The molecule has 3 rings (SSSR count). The van der Waals surface area contributed by atoms with Crippen LogP contribution in [0.5, 0.6) is 0 Å². The van der Waals surface area contributed by atoms with Crippen LogP contribution in [0.3, 0.4) is 0 Å². The zero-order chi connectivity index (χ0) is 26.7. The number of carbonyl (C=O) groups excluding carboxylic acids is 2. The van der Waals surface area contributed by atoms with Gasteiger partial charge in [0.2, 0.25) is 5.91 Å². The Morgan fingerprint density at radius 1 is 1.03 bits per heavy atom. The summed E-state index contributed by atoms with van der Waals surface area (Å²) < 4.78 is 73.1. The highest BCUT2D eigenvalue weighted by atomic mass is 35.5. The van der Waals surface area contributed by atoms with E-state index in [-0.39, 0.29) is 43.4 Å². The summed E-state index contributed by atoms with van der Waals surface area (Å²) in [4.78, 5) is 27.6. The molecule has 1 fully saturated rings. The number of hydrogen-bond acceptors (Lipinski definition) is 5. The van der Waals surface area contributed by atoms with E-state index in [1.165, 1.54) is 21.9 Å². The molecule has 0 bridgehead atoms. The van der Waals surface area contributed by atoms with Crippen LogP contribution in [-0.2, 0) is 25.7 Å². The van der Waals surface area contributed by atoms with E-state index in [9.17, 15) is 31.2 Å². The number of piperazine rings is 1. The van der Waals surface area contributed by atoms with E-state index < -0.39 is 45.3 Å². The number of sulfonamides is 1. The van der Waals surface area contributed by atoms with Gasteiger partial charge in [0.15, 0.2) is 0 Å². The number of nitrogens with zero attached hydrogens (tertiary/aromatic N) is 3. The molecule has 0 aliphatic carbocycles. The first kappa shape index (κ1) is 27.6. The monoisotopic (exact) mass is 547 g/mol. The quantitative estimate of drug-likeness (QED) is 0.542. The first-order valence-electron chi connectivity index (χ1n) is 11.0. The van der Waals surface area contributed by atoms with E-state index in [0.717, 1.165) is 17.7 Å². The Bertz CT molecular complexity index is 1210. The molecule has 0 atom stereocenters. The largest absolute Gasteiger partial charge is 0.450 e. The summed E-state index contributed by atoms with van der Waals surface area (Å²) in [7, 11) is -4.42. The number of halogens is 4. The lowest BCUT2D eigenvalue weighted by Crippen LogP contribution is -2.53. The fourth-order valence-electron chi connectivity index (χ4n) is 3.61. The fourth-order valence-corrected chi connectivity index (χ4v) is 5.24. The van der Waals surface area contributed by atoms with Gasteiger partial charge in [-0.1, -0.05) is 29.3 Å². The summed E-state index contributed by atoms with van der Waals surface area (Å²) in [5.41, 5.74) is -0.797. The number of rotatable bonds is 6. The van der Waals surface area contributed by atoms with Gasteiger partial charge < -0.3 is 14.5 Å². The van der Waals surface area contributed by atoms with Gasteiger partial charge in [0.1, 0.15) is 6.54 Å². The fraction of sp³-hybridized carbons (Fsp3) is 0.391. The topological polar surface area (TPSA) is 87.2 Å². The summed E-state index contributed by atoms with van der Waals surface area (Å²) in [5.74, 6) is -0.627. The number of benzene rings is 2. The van der Waals surface area contributed by atoms with Crippen LogP contribution in [0.4, 0.5) is 23.7 Å². The molecule has 196 valence electrons. The molecule has 0 unspecified atom stereocenters. The second-order valence-corrected chi connectivity index (χ2v) is 10.3. The van der Waals surface area contributed by atoms with Crippen molar-refractivity contribution in [2.24, 2.45) is 0 Å². The number of carbonyl (C=O) groups is 2. The third-order valence-corrected chi connectivity index (χ3v) is 7.71. The van der Waals surface area contributed by atoms with Crippen LogP contribution in [0.25, 0.3) is 0 Å². The average molecular weight is 548 g/mol. The van der Waals surface area contributed by atoms with Crippen molar-refractivity contribution in [1.82, 2.24) is 9.80 Å². The Balaban J connectivity index is 1.93. The zero-order valence-electron chi connectivity index (χ0n) is 19.6. The smallest absolute Gasteiger partial charge is 0.417 e. The highest BCUT2D eigenvalue weighted by molar-refractivity contribution is 7.92. The maximum absolute atomic E-state index is 13.5. The number of anilines is 1. The molecule has 0 N–H and O–H groups in total. The lowest BCUT2D eigenvalue weighted by atomic mass is 10.2. The minimum Gasteiger partial charge on any atom is -0.450 e. The Morgan fingerprint density at radius 2 is 1.61 bits per heavy atom. The van der Waals surface area contributed by atoms with Crippen LogP contribution in [0.2, 0.25) is 5.02 Å². The Morgan fingerprint density at radius 3 is 2.17 bits per heavy atom. The van der Waals surface area contributed by atoms with Gasteiger partial charge in [-0.3, -0.25) is 9.10 Å². The summed E-state index contributed by atoms with van der Waals surface area (Å²) in [6, 6.07) is 8.41. The van der Waals surface area contributed by atoms with Crippen LogP contribution >= 0.6 is 11.6 Å². The van der Waals surface area contributed by atoms with Gasteiger partial charge in [-0.25, -0.2) is 13.2 Å². The second-order valence-electron chi connectivity index (χ2n) is 8.05. The molecular formula is C23H25ClF3N3O5S. The van der Waals surface area contributed by atoms with Crippen molar-refractivity contribution in [2.45, 2.75) is 24.9 Å². The number of ether oxygens (including phenoxy) is 1. The number of hydrogen-bond donors (Lipinski definition) is 0. The molecule has 0 radical (unpaired) electrons. The predicted octanol–water partition coefficient (Wildman–Crippen LogP) is 4.16. The summed E-state index contributed by atoms with van der Waals surface area (Å²) in [5, 5.41) is -0.597. The van der Waals surface area contributed by atoms with E-state index in [0.29, 0.717) is 10.4 Å². The van der Waals surface area contributed by atoms with Gasteiger partial charge in [0.05, 0.1) is 27.8 Å². The average Bonchev–Trinajstić information content (AvgIpc) is 2.82. The van der Waals surface area contributed by atoms with E-state index in [2.05, 4.69) is 0 Å². The molecule has 2 aromatic carbocycles. The molecule has 36 heavy (non-hydrogen) atoms. The molecule has 2 amide bonds. The first-order chi connectivity index (χ1) is 16.8. The molecule has 1 aliphatic heterocycles. The molecule has 0 spiro atoms. The van der Waals surface area contributed by atoms with Gasteiger partial charge in [-0.2, -0.15) is 13.2 Å². The predicted molar refractivity (Wildman–Crippen MR) is 127 cm³/mol. The lowest BCUT2D eigenvalue weighted by Gasteiger charge is -2.35. The van der Waals surface area contributed by atoms with E-state index in [1.54, 1.807) is 26.0 Å². The molecule has 1 aliphatic rings. The maximum Gasteiger partial charge on any atom is 0.417 e. The number of amides is 2. The summed E-state index contributed by atoms with van der Waals surface area (Å²) in [6.45, 7) is 3.46. The third-order valence-electron chi connectivity index (χ3n) is 5.59. The first-order valence-corrected chi connectivity index (χ1v) is 12.8. The number of aryl methyl sites for hydroxylation is 1. The minimum atomic E-state index is -4.83. The van der Waals surface area contributed by atoms with Gasteiger partial charge in [0.25, 0.3) is 10.0 Å². The van der Waals surface area contributed by atoms with E-state index >= 15 is 0 Å². The molecule has 0 aromatic heterocycles. The van der Waals surface area contributed by atoms with Crippen molar-refractivity contribution in [2.75, 3.05) is 43.6 Å². The van der Waals surface area contributed by atoms with Crippen LogP contribution in [-0.4, -0.2) is 69.5 Å². The van der Waals surface area contributed by atoms with Crippen molar-refractivity contribution in [3.8, 4) is 0 Å².